The van der Waals surface area contributed by atoms with E-state index in [-0.39, 0.29) is 22.4 Å². The quantitative estimate of drug-likeness (QED) is 0.327. The highest BCUT2D eigenvalue weighted by Crippen LogP contribution is 2.44. The molecule has 35 heavy (non-hydrogen) atoms. The van der Waals surface area contributed by atoms with Gasteiger partial charge in [0.15, 0.2) is 5.78 Å². The normalized spacial score (nSPS) is 13.9. The van der Waals surface area contributed by atoms with Crippen molar-refractivity contribution in [3.05, 3.63) is 93.0 Å². The number of rotatable bonds is 6. The fourth-order valence-corrected chi connectivity index (χ4v) is 4.85. The van der Waals surface area contributed by atoms with Crippen LogP contribution in [0.15, 0.2) is 65.1 Å². The number of aliphatic hydroxyl groups is 1. The first-order chi connectivity index (χ1) is 16.3. The molecule has 0 radical (unpaired) electrons. The van der Waals surface area contributed by atoms with Gasteiger partial charge < -0.3 is 14.9 Å². The number of Topliss-reactive ketones (excluding diaryl/α,β-unsaturated/α-hetero) is 1. The zero-order chi connectivity index (χ0) is 26.1. The molecule has 0 heterocycles. The first-order valence-electron chi connectivity index (χ1n) is 11.7. The van der Waals surface area contributed by atoms with Crippen molar-refractivity contribution >= 4 is 21.7 Å². The number of ether oxygens (including phenoxy) is 1. The number of aliphatic hydroxyl groups excluding tert-OH is 1. The zero-order valence-corrected chi connectivity index (χ0v) is 23.1. The number of methoxy groups -OCH3 is 1. The van der Waals surface area contributed by atoms with Gasteiger partial charge in [0.25, 0.3) is 0 Å². The van der Waals surface area contributed by atoms with Gasteiger partial charge in [0.1, 0.15) is 17.6 Å². The second-order valence-electron chi connectivity index (χ2n) is 11.0. The molecule has 186 valence electrons. The Hall–Kier alpha value is -2.63. The van der Waals surface area contributed by atoms with Crippen LogP contribution in [-0.4, -0.2) is 29.2 Å². The van der Waals surface area contributed by atoms with Gasteiger partial charge in [-0.25, -0.2) is 0 Å². The van der Waals surface area contributed by atoms with Crippen molar-refractivity contribution in [1.29, 1.82) is 0 Å². The molecule has 0 saturated heterocycles. The number of hydrogen-bond donors (Lipinski definition) is 2. The number of benzene rings is 3. The molecule has 2 N–H and O–H groups in total. The minimum atomic E-state index is -1.34. The molecule has 4 nitrogen and oxygen atoms in total. The molecule has 0 amide bonds. The summed E-state index contributed by atoms with van der Waals surface area (Å²) in [7, 11) is 1.57. The number of carbonyl (C=O) groups is 1. The summed E-state index contributed by atoms with van der Waals surface area (Å²) in [5, 5.41) is 22.8. The molecule has 2 atom stereocenters. The number of phenolic OH excluding ortho intramolecular Hbond substituents is 1. The van der Waals surface area contributed by atoms with Crippen LogP contribution in [0.25, 0.3) is 0 Å². The Labute approximate surface area is 217 Å². The van der Waals surface area contributed by atoms with Crippen LogP contribution in [0.2, 0.25) is 0 Å². The lowest BCUT2D eigenvalue weighted by molar-refractivity contribution is 0.0714. The van der Waals surface area contributed by atoms with Crippen LogP contribution < -0.4 is 4.74 Å². The second kappa shape index (κ2) is 10.2. The average Bonchev–Trinajstić information content (AvgIpc) is 2.79. The molecule has 0 bridgehead atoms. The predicted octanol–water partition coefficient (Wildman–Crippen LogP) is 7.13. The van der Waals surface area contributed by atoms with E-state index < -0.39 is 12.0 Å². The maximum Gasteiger partial charge on any atom is 0.192 e. The van der Waals surface area contributed by atoms with Crippen molar-refractivity contribution < 1.29 is 19.7 Å². The molecule has 3 aromatic carbocycles. The largest absolute Gasteiger partial charge is 0.507 e. The molecular weight excluding hydrogens is 504 g/mol. The first-order valence-corrected chi connectivity index (χ1v) is 12.5. The van der Waals surface area contributed by atoms with Crippen LogP contribution >= 0.6 is 15.9 Å². The molecule has 0 unspecified atom stereocenters. The molecular formula is C30H35BrO4. The lowest BCUT2D eigenvalue weighted by Crippen LogP contribution is -2.30. The van der Waals surface area contributed by atoms with Gasteiger partial charge >= 0.3 is 0 Å². The van der Waals surface area contributed by atoms with Crippen molar-refractivity contribution in [3.63, 3.8) is 0 Å². The van der Waals surface area contributed by atoms with Crippen LogP contribution in [0.3, 0.4) is 0 Å². The summed E-state index contributed by atoms with van der Waals surface area (Å²) >= 11 is 3.63. The van der Waals surface area contributed by atoms with Gasteiger partial charge in [0.2, 0.25) is 0 Å². The van der Waals surface area contributed by atoms with Crippen molar-refractivity contribution in [1.82, 2.24) is 0 Å². The Bertz CT molecular complexity index is 1170. The number of ketones is 1. The molecule has 0 fully saturated rings. The van der Waals surface area contributed by atoms with Crippen LogP contribution in [0, 0.1) is 0 Å². The number of carbonyl (C=O) groups excluding carboxylic acids is 1. The van der Waals surface area contributed by atoms with Crippen molar-refractivity contribution in [2.75, 3.05) is 7.11 Å². The molecule has 5 heteroatoms. The highest BCUT2D eigenvalue weighted by Gasteiger charge is 2.34. The Morgan fingerprint density at radius 2 is 1.40 bits per heavy atom. The minimum Gasteiger partial charge on any atom is -0.507 e. The summed E-state index contributed by atoms with van der Waals surface area (Å²) < 4.78 is 6.01. The SMILES string of the molecule is COc1ccc(C(=O)[C@H](O)[C@H](c2cc(C(C)(C)C)c(O)c(C(C)(C)C)c2)c2ccccc2Br)cc1. The van der Waals surface area contributed by atoms with Crippen LogP contribution in [-0.2, 0) is 10.8 Å². The van der Waals surface area contributed by atoms with Gasteiger partial charge in [-0.1, -0.05) is 87.8 Å². The van der Waals surface area contributed by atoms with Crippen molar-refractivity contribution in [2.24, 2.45) is 0 Å². The topological polar surface area (TPSA) is 66.8 Å². The standard InChI is InChI=1S/C30H35BrO4/c1-29(2,3)22-16-19(17-23(27(22)33)30(4,5)6)25(21-10-8-9-11-24(21)31)28(34)26(32)18-12-14-20(35-7)15-13-18/h8-17,25,28,33-34H,1-7H3/t25-,28-/m1/s1. The molecule has 0 aliphatic carbocycles. The summed E-state index contributed by atoms with van der Waals surface area (Å²) in [6, 6.07) is 18.2. The molecule has 0 aromatic heterocycles. The summed E-state index contributed by atoms with van der Waals surface area (Å²) in [4.78, 5) is 13.5. The van der Waals surface area contributed by atoms with Gasteiger partial charge in [0, 0.05) is 16.0 Å². The Morgan fingerprint density at radius 3 is 1.86 bits per heavy atom. The molecule has 0 spiro atoms. The summed E-state index contributed by atoms with van der Waals surface area (Å²) in [5.74, 6) is -0.128. The Kier molecular flexibility index (Phi) is 7.83. The van der Waals surface area contributed by atoms with Gasteiger partial charge in [-0.15, -0.1) is 0 Å². The lowest BCUT2D eigenvalue weighted by atomic mass is 9.75. The molecule has 0 aliphatic heterocycles. The number of aromatic hydroxyl groups is 1. The van der Waals surface area contributed by atoms with E-state index >= 15 is 0 Å². The molecule has 0 aliphatic rings. The number of phenols is 1. The van der Waals surface area contributed by atoms with E-state index in [9.17, 15) is 15.0 Å². The highest BCUT2D eigenvalue weighted by molar-refractivity contribution is 9.10. The van der Waals surface area contributed by atoms with E-state index in [1.54, 1.807) is 31.4 Å². The van der Waals surface area contributed by atoms with E-state index in [1.165, 1.54) is 0 Å². The maximum absolute atomic E-state index is 13.5. The Morgan fingerprint density at radius 1 is 0.886 bits per heavy atom. The summed E-state index contributed by atoms with van der Waals surface area (Å²) in [6.07, 6.45) is -1.34. The van der Waals surface area contributed by atoms with Crippen molar-refractivity contribution in [3.8, 4) is 11.5 Å². The van der Waals surface area contributed by atoms with Crippen LogP contribution in [0.4, 0.5) is 0 Å². The molecule has 0 saturated carbocycles. The average molecular weight is 540 g/mol. The zero-order valence-electron chi connectivity index (χ0n) is 21.5. The highest BCUT2D eigenvalue weighted by atomic mass is 79.9. The predicted molar refractivity (Wildman–Crippen MR) is 145 cm³/mol. The Balaban J connectivity index is 2.26. The third-order valence-corrected chi connectivity index (χ3v) is 7.03. The van der Waals surface area contributed by atoms with Crippen LogP contribution in [0.5, 0.6) is 11.5 Å². The minimum absolute atomic E-state index is 0.260. The van der Waals surface area contributed by atoms with E-state index in [2.05, 4.69) is 15.9 Å². The van der Waals surface area contributed by atoms with Crippen molar-refractivity contribution in [2.45, 2.75) is 64.4 Å². The first kappa shape index (κ1) is 27.0. The third-order valence-electron chi connectivity index (χ3n) is 6.31. The summed E-state index contributed by atoms with van der Waals surface area (Å²) in [5.41, 5.74) is 2.85. The van der Waals surface area contributed by atoms with E-state index in [0.717, 1.165) is 26.7 Å². The van der Waals surface area contributed by atoms with Gasteiger partial charge in [0.05, 0.1) is 7.11 Å². The van der Waals surface area contributed by atoms with E-state index in [1.807, 2.05) is 77.9 Å². The van der Waals surface area contributed by atoms with Gasteiger partial charge in [-0.05, 0) is 63.4 Å². The number of halogens is 1. The lowest BCUT2D eigenvalue weighted by Gasteiger charge is -2.31. The fraction of sp³-hybridized carbons (Fsp3) is 0.367. The summed E-state index contributed by atoms with van der Waals surface area (Å²) in [6.45, 7) is 12.3. The molecule has 3 aromatic rings. The van der Waals surface area contributed by atoms with Gasteiger partial charge in [-0.3, -0.25) is 4.79 Å². The maximum atomic E-state index is 13.5. The molecule has 3 rings (SSSR count). The smallest absolute Gasteiger partial charge is 0.192 e. The van der Waals surface area contributed by atoms with E-state index in [4.69, 9.17) is 4.74 Å². The van der Waals surface area contributed by atoms with E-state index in [0.29, 0.717) is 11.3 Å². The monoisotopic (exact) mass is 538 g/mol. The third kappa shape index (κ3) is 5.79. The van der Waals surface area contributed by atoms with Crippen LogP contribution in [0.1, 0.15) is 80.1 Å². The second-order valence-corrected chi connectivity index (χ2v) is 11.9. The number of hydrogen-bond acceptors (Lipinski definition) is 4. The fourth-order valence-electron chi connectivity index (χ4n) is 4.32. The van der Waals surface area contributed by atoms with Gasteiger partial charge in [-0.2, -0.15) is 0 Å².